The first kappa shape index (κ1) is 7.11. The molecule has 1 aliphatic rings. The number of halogens is 3. The van der Waals surface area contributed by atoms with Gasteiger partial charge in [-0.05, 0) is 0 Å². The van der Waals surface area contributed by atoms with Gasteiger partial charge < -0.3 is 5.73 Å². The fourth-order valence-electron chi connectivity index (χ4n) is 0.234. The summed E-state index contributed by atoms with van der Waals surface area (Å²) in [4.78, 5) is 0. The van der Waals surface area contributed by atoms with E-state index in [1.807, 2.05) is 0 Å². The molecule has 0 spiro atoms. The van der Waals surface area contributed by atoms with Crippen molar-refractivity contribution in [2.75, 3.05) is 0 Å². The van der Waals surface area contributed by atoms with Crippen LogP contribution in [0.1, 0.15) is 6.42 Å². The molecule has 1 nitrogen and oxygen atoms in total. The minimum absolute atomic E-state index is 0. The van der Waals surface area contributed by atoms with Gasteiger partial charge in [-0.2, -0.15) is 0 Å². The summed E-state index contributed by atoms with van der Waals surface area (Å²) in [5.74, 6) is -2.51. The molecule has 1 fully saturated rings. The maximum atomic E-state index is 11.4. The summed E-state index contributed by atoms with van der Waals surface area (Å²) in [6.07, 6.45) is -0.118. The van der Waals surface area contributed by atoms with Crippen LogP contribution in [0.5, 0.6) is 0 Å². The van der Waals surface area contributed by atoms with Crippen LogP contribution in [0.25, 0.3) is 0 Å². The van der Waals surface area contributed by atoms with E-state index in [1.54, 1.807) is 0 Å². The maximum Gasteiger partial charge on any atom is 0.264 e. The molecule has 0 bridgehead atoms. The van der Waals surface area contributed by atoms with Crippen LogP contribution in [0.2, 0.25) is 0 Å². The van der Waals surface area contributed by atoms with Gasteiger partial charge in [0.25, 0.3) is 5.92 Å². The highest BCUT2D eigenvalue weighted by Crippen LogP contribution is 2.39. The first-order valence-electron chi connectivity index (χ1n) is 1.76. The first-order chi connectivity index (χ1) is 2.63. The van der Waals surface area contributed by atoms with Gasteiger partial charge in [0.2, 0.25) is 0 Å². The summed E-state index contributed by atoms with van der Waals surface area (Å²) in [6, 6.07) is -0.836. The Kier molecular flexibility index (Phi) is 1.59. The molecule has 2 N–H and O–H groups in total. The van der Waals surface area contributed by atoms with Crippen molar-refractivity contribution >= 4 is 12.4 Å². The normalized spacial score (nSPS) is 33.9. The summed E-state index contributed by atoms with van der Waals surface area (Å²) in [5.41, 5.74) is 4.75. The summed E-state index contributed by atoms with van der Waals surface area (Å²) in [5, 5.41) is 0. The van der Waals surface area contributed by atoms with Gasteiger partial charge in [-0.3, -0.25) is 0 Å². The second-order valence-electron chi connectivity index (χ2n) is 1.57. The van der Waals surface area contributed by atoms with Crippen LogP contribution in [0, 0.1) is 0 Å². The van der Waals surface area contributed by atoms with Crippen molar-refractivity contribution in [1.82, 2.24) is 0 Å². The Hall–Kier alpha value is 0.110. The van der Waals surface area contributed by atoms with Crippen molar-refractivity contribution in [3.63, 3.8) is 0 Å². The number of alkyl halides is 2. The second-order valence-corrected chi connectivity index (χ2v) is 1.57. The molecule has 0 radical (unpaired) electrons. The largest absolute Gasteiger partial charge is 0.322 e. The molecule has 0 aromatic carbocycles. The van der Waals surface area contributed by atoms with Crippen molar-refractivity contribution in [3.05, 3.63) is 0 Å². The molecular weight excluding hydrogens is 123 g/mol. The molecule has 0 saturated heterocycles. The SMILES string of the molecule is Cl.N[C@H]1CC1(F)F. The molecule has 0 amide bonds. The molecule has 0 aliphatic heterocycles. The standard InChI is InChI=1S/C3H5F2N.ClH/c4-3(5)1-2(3)6;/h2H,1,6H2;1H/t2-;/m0./s1. The van der Waals surface area contributed by atoms with Crippen molar-refractivity contribution in [2.24, 2.45) is 5.73 Å². The molecule has 0 aromatic rings. The third-order valence-electron chi connectivity index (χ3n) is 0.874. The molecule has 1 aliphatic carbocycles. The van der Waals surface area contributed by atoms with Gasteiger partial charge >= 0.3 is 0 Å². The van der Waals surface area contributed by atoms with Crippen LogP contribution in [0.4, 0.5) is 8.78 Å². The molecule has 44 valence electrons. The van der Waals surface area contributed by atoms with Crippen molar-refractivity contribution < 1.29 is 8.78 Å². The lowest BCUT2D eigenvalue weighted by molar-refractivity contribution is 0.113. The molecule has 7 heavy (non-hydrogen) atoms. The highest BCUT2D eigenvalue weighted by Gasteiger charge is 2.54. The van der Waals surface area contributed by atoms with Crippen molar-refractivity contribution in [3.8, 4) is 0 Å². The van der Waals surface area contributed by atoms with Gasteiger partial charge in [0, 0.05) is 6.42 Å². The number of hydrogen-bond donors (Lipinski definition) is 1. The molecule has 1 saturated carbocycles. The second kappa shape index (κ2) is 1.56. The minimum atomic E-state index is -2.51. The fourth-order valence-corrected chi connectivity index (χ4v) is 0.234. The van der Waals surface area contributed by atoms with E-state index < -0.39 is 12.0 Å². The molecule has 1 atom stereocenters. The van der Waals surface area contributed by atoms with Gasteiger partial charge in [0.15, 0.2) is 0 Å². The van der Waals surface area contributed by atoms with Gasteiger partial charge in [0.1, 0.15) is 0 Å². The lowest BCUT2D eigenvalue weighted by atomic mass is 10.7. The Morgan fingerprint density at radius 2 is 1.71 bits per heavy atom. The van der Waals surface area contributed by atoms with Crippen LogP contribution < -0.4 is 5.73 Å². The van der Waals surface area contributed by atoms with Crippen LogP contribution in [0.15, 0.2) is 0 Å². The Morgan fingerprint density at radius 1 is 1.57 bits per heavy atom. The average Bonchev–Trinajstić information content (AvgIpc) is 1.73. The Balaban J connectivity index is 0.000000360. The zero-order valence-corrected chi connectivity index (χ0v) is 4.34. The van der Waals surface area contributed by atoms with E-state index in [0.717, 1.165) is 0 Å². The van der Waals surface area contributed by atoms with Gasteiger partial charge in [-0.15, -0.1) is 12.4 Å². The molecule has 1 rings (SSSR count). The quantitative estimate of drug-likeness (QED) is 0.514. The first-order valence-corrected chi connectivity index (χ1v) is 1.76. The highest BCUT2D eigenvalue weighted by molar-refractivity contribution is 5.85. The van der Waals surface area contributed by atoms with Crippen molar-refractivity contribution in [2.45, 2.75) is 18.4 Å². The number of nitrogens with two attached hydrogens (primary N) is 1. The lowest BCUT2D eigenvalue weighted by Gasteiger charge is -1.82. The van der Waals surface area contributed by atoms with Crippen LogP contribution in [0.3, 0.4) is 0 Å². The minimum Gasteiger partial charge on any atom is -0.322 e. The van der Waals surface area contributed by atoms with E-state index in [0.29, 0.717) is 0 Å². The maximum absolute atomic E-state index is 11.4. The number of rotatable bonds is 0. The topological polar surface area (TPSA) is 26.0 Å². The van der Waals surface area contributed by atoms with Crippen LogP contribution >= 0.6 is 12.4 Å². The van der Waals surface area contributed by atoms with E-state index in [4.69, 9.17) is 5.73 Å². The summed E-state index contributed by atoms with van der Waals surface area (Å²) in [7, 11) is 0. The van der Waals surface area contributed by atoms with Crippen LogP contribution in [-0.4, -0.2) is 12.0 Å². The van der Waals surface area contributed by atoms with Crippen LogP contribution in [-0.2, 0) is 0 Å². The predicted octanol–water partition coefficient (Wildman–Crippen LogP) is 0.775. The van der Waals surface area contributed by atoms with E-state index in [9.17, 15) is 8.78 Å². The smallest absolute Gasteiger partial charge is 0.264 e. The third-order valence-corrected chi connectivity index (χ3v) is 0.874. The van der Waals surface area contributed by atoms with Gasteiger partial charge in [-0.1, -0.05) is 0 Å². The molecular formula is C3H6ClF2N. The molecule has 0 heterocycles. The van der Waals surface area contributed by atoms with E-state index in [2.05, 4.69) is 0 Å². The highest BCUT2D eigenvalue weighted by atomic mass is 35.5. The molecule has 4 heteroatoms. The average molecular weight is 130 g/mol. The molecule has 0 aromatic heterocycles. The Morgan fingerprint density at radius 3 is 1.71 bits per heavy atom. The van der Waals surface area contributed by atoms with Gasteiger partial charge in [0.05, 0.1) is 6.04 Å². The third kappa shape index (κ3) is 1.24. The summed E-state index contributed by atoms with van der Waals surface area (Å²) >= 11 is 0. The Bertz CT molecular complexity index is 75.3. The fraction of sp³-hybridized carbons (Fsp3) is 1.00. The van der Waals surface area contributed by atoms with E-state index in [-0.39, 0.29) is 18.8 Å². The Labute approximate surface area is 46.3 Å². The van der Waals surface area contributed by atoms with Gasteiger partial charge in [-0.25, -0.2) is 8.78 Å². The summed E-state index contributed by atoms with van der Waals surface area (Å²) in [6.45, 7) is 0. The monoisotopic (exact) mass is 129 g/mol. The molecule has 0 unspecified atom stereocenters. The van der Waals surface area contributed by atoms with Crippen molar-refractivity contribution in [1.29, 1.82) is 0 Å². The zero-order valence-electron chi connectivity index (χ0n) is 3.53. The van der Waals surface area contributed by atoms with E-state index >= 15 is 0 Å². The number of hydrogen-bond acceptors (Lipinski definition) is 1. The van der Waals surface area contributed by atoms with E-state index in [1.165, 1.54) is 0 Å². The zero-order chi connectivity index (χ0) is 4.78. The predicted molar refractivity (Wildman–Crippen MR) is 24.8 cm³/mol. The summed E-state index contributed by atoms with van der Waals surface area (Å²) < 4.78 is 22.8. The lowest BCUT2D eigenvalue weighted by Crippen LogP contribution is -2.08.